The van der Waals surface area contributed by atoms with Gasteiger partial charge in [0.1, 0.15) is 17.3 Å². The summed E-state index contributed by atoms with van der Waals surface area (Å²) < 4.78 is 23.3. The van der Waals surface area contributed by atoms with Crippen molar-refractivity contribution in [2.75, 3.05) is 7.11 Å². The zero-order valence-electron chi connectivity index (χ0n) is 14.3. The summed E-state index contributed by atoms with van der Waals surface area (Å²) >= 11 is 0. The highest BCUT2D eigenvalue weighted by Crippen LogP contribution is 2.29. The third kappa shape index (κ3) is 4.21. The van der Waals surface area contributed by atoms with Crippen molar-refractivity contribution < 1.29 is 23.9 Å². The number of amides is 1. The molecule has 1 amide bonds. The number of ether oxygens (including phenoxy) is 2. The number of hydroxylamine groups is 2. The number of rotatable bonds is 5. The van der Waals surface area contributed by atoms with Crippen LogP contribution in [-0.2, 0) is 11.2 Å². The van der Waals surface area contributed by atoms with Crippen LogP contribution in [0.2, 0.25) is 0 Å². The van der Waals surface area contributed by atoms with Crippen LogP contribution >= 0.6 is 0 Å². The van der Waals surface area contributed by atoms with Crippen molar-refractivity contribution >= 4 is 6.09 Å². The fourth-order valence-corrected chi connectivity index (χ4v) is 3.06. The Morgan fingerprint density at radius 2 is 2.00 bits per heavy atom. The Bertz CT molecular complexity index is 791. The molecule has 0 aromatic heterocycles. The van der Waals surface area contributed by atoms with Crippen LogP contribution in [0.5, 0.6) is 11.5 Å². The van der Waals surface area contributed by atoms with Gasteiger partial charge in [0.25, 0.3) is 0 Å². The Labute approximate surface area is 151 Å². The van der Waals surface area contributed by atoms with Crippen molar-refractivity contribution in [3.63, 3.8) is 0 Å². The van der Waals surface area contributed by atoms with Gasteiger partial charge in [0.15, 0.2) is 0 Å². The highest BCUT2D eigenvalue weighted by molar-refractivity contribution is 5.66. The lowest BCUT2D eigenvalue weighted by atomic mass is 9.94. The maximum atomic E-state index is 13.0. The average molecular weight is 357 g/mol. The molecule has 0 heterocycles. The molecule has 6 heteroatoms. The lowest BCUT2D eigenvalue weighted by Gasteiger charge is -2.26. The molecule has 2 aromatic carbocycles. The Hall–Kier alpha value is -2.86. The third-order valence-corrected chi connectivity index (χ3v) is 4.35. The monoisotopic (exact) mass is 357 g/mol. The van der Waals surface area contributed by atoms with Gasteiger partial charge in [0, 0.05) is 5.92 Å². The second-order valence-corrected chi connectivity index (χ2v) is 6.12. The quantitative estimate of drug-likeness (QED) is 0.484. The van der Waals surface area contributed by atoms with Crippen LogP contribution in [0.3, 0.4) is 0 Å². The molecular formula is C20H20FNO4. The summed E-state index contributed by atoms with van der Waals surface area (Å²) in [4.78, 5) is 11.6. The standard InChI is InChI=1S/C20H20FNO4/c1-25-20(23)22(24)19-7-3-5-15(19)12-14-4-2-6-18(13-14)26-17-10-8-16(21)9-11-17/h2-6,8-11,13,15,19,24H,7,12H2,1H3/t15-,19+/m1/s1. The van der Waals surface area contributed by atoms with Crippen LogP contribution < -0.4 is 4.74 Å². The van der Waals surface area contributed by atoms with E-state index in [0.717, 1.165) is 5.56 Å². The van der Waals surface area contributed by atoms with E-state index in [2.05, 4.69) is 4.74 Å². The SMILES string of the molecule is COC(=O)N(O)[C@H]1CC=C[C@@H]1Cc1cccc(Oc2ccc(F)cc2)c1. The number of carbonyl (C=O) groups is 1. The van der Waals surface area contributed by atoms with Gasteiger partial charge >= 0.3 is 6.09 Å². The fourth-order valence-electron chi connectivity index (χ4n) is 3.06. The molecule has 1 aliphatic carbocycles. The molecule has 2 aromatic rings. The minimum atomic E-state index is -0.767. The zero-order valence-corrected chi connectivity index (χ0v) is 14.3. The summed E-state index contributed by atoms with van der Waals surface area (Å²) in [5.41, 5.74) is 1.00. The van der Waals surface area contributed by atoms with Gasteiger partial charge in [-0.15, -0.1) is 0 Å². The smallest absolute Gasteiger partial charge is 0.433 e. The number of hydrogen-bond acceptors (Lipinski definition) is 4. The van der Waals surface area contributed by atoms with E-state index in [-0.39, 0.29) is 17.8 Å². The summed E-state index contributed by atoms with van der Waals surface area (Å²) in [7, 11) is 1.24. The first kappa shape index (κ1) is 17.9. The van der Waals surface area contributed by atoms with E-state index in [1.807, 2.05) is 36.4 Å². The van der Waals surface area contributed by atoms with Crippen molar-refractivity contribution in [2.24, 2.45) is 5.92 Å². The number of methoxy groups -OCH3 is 1. The van der Waals surface area contributed by atoms with Crippen molar-refractivity contribution in [1.82, 2.24) is 5.06 Å². The summed E-state index contributed by atoms with van der Waals surface area (Å²) in [6.45, 7) is 0. The van der Waals surface area contributed by atoms with E-state index < -0.39 is 6.09 Å². The van der Waals surface area contributed by atoms with Crippen molar-refractivity contribution in [2.45, 2.75) is 18.9 Å². The maximum Gasteiger partial charge on any atom is 0.433 e. The number of halogens is 1. The maximum absolute atomic E-state index is 13.0. The summed E-state index contributed by atoms with van der Waals surface area (Å²) in [6, 6.07) is 13.0. The number of nitrogens with zero attached hydrogens (tertiary/aromatic N) is 1. The van der Waals surface area contributed by atoms with Gasteiger partial charge in [-0.05, 0) is 54.8 Å². The number of benzene rings is 2. The van der Waals surface area contributed by atoms with Crippen LogP contribution in [0.15, 0.2) is 60.7 Å². The minimum Gasteiger partial charge on any atom is -0.457 e. The topological polar surface area (TPSA) is 59.0 Å². The van der Waals surface area contributed by atoms with E-state index in [0.29, 0.717) is 29.4 Å². The summed E-state index contributed by atoms with van der Waals surface area (Å²) in [5, 5.41) is 10.7. The van der Waals surface area contributed by atoms with Gasteiger partial charge < -0.3 is 9.47 Å². The Balaban J connectivity index is 1.69. The van der Waals surface area contributed by atoms with Gasteiger partial charge in [-0.1, -0.05) is 24.3 Å². The first-order valence-electron chi connectivity index (χ1n) is 8.32. The Morgan fingerprint density at radius 3 is 2.73 bits per heavy atom. The van der Waals surface area contributed by atoms with E-state index in [1.54, 1.807) is 12.1 Å². The van der Waals surface area contributed by atoms with Gasteiger partial charge in [0.05, 0.1) is 13.2 Å². The Morgan fingerprint density at radius 1 is 1.23 bits per heavy atom. The van der Waals surface area contributed by atoms with E-state index in [9.17, 15) is 14.4 Å². The van der Waals surface area contributed by atoms with Gasteiger partial charge in [-0.2, -0.15) is 5.06 Å². The highest BCUT2D eigenvalue weighted by Gasteiger charge is 2.31. The molecule has 136 valence electrons. The molecule has 0 saturated carbocycles. The predicted octanol–water partition coefficient (Wildman–Crippen LogP) is 4.56. The first-order valence-corrected chi connectivity index (χ1v) is 8.32. The van der Waals surface area contributed by atoms with Crippen LogP contribution in [-0.4, -0.2) is 29.5 Å². The molecule has 0 saturated heterocycles. The molecule has 26 heavy (non-hydrogen) atoms. The second-order valence-electron chi connectivity index (χ2n) is 6.12. The van der Waals surface area contributed by atoms with Gasteiger partial charge in [0.2, 0.25) is 0 Å². The summed E-state index contributed by atoms with van der Waals surface area (Å²) in [6.07, 6.45) is 4.37. The zero-order chi connectivity index (χ0) is 18.5. The largest absolute Gasteiger partial charge is 0.457 e. The molecule has 0 spiro atoms. The van der Waals surface area contributed by atoms with Gasteiger partial charge in [-0.3, -0.25) is 5.21 Å². The first-order chi connectivity index (χ1) is 12.6. The van der Waals surface area contributed by atoms with Crippen LogP contribution in [0, 0.1) is 11.7 Å². The molecule has 3 rings (SSSR count). The highest BCUT2D eigenvalue weighted by atomic mass is 19.1. The van der Waals surface area contributed by atoms with E-state index >= 15 is 0 Å². The lowest BCUT2D eigenvalue weighted by Crippen LogP contribution is -2.40. The number of carbonyl (C=O) groups excluding carboxylic acids is 1. The molecule has 2 atom stereocenters. The molecule has 0 fully saturated rings. The number of hydrogen-bond donors (Lipinski definition) is 1. The molecule has 1 N–H and O–H groups in total. The fraction of sp³-hybridized carbons (Fsp3) is 0.250. The van der Waals surface area contributed by atoms with Gasteiger partial charge in [-0.25, -0.2) is 9.18 Å². The molecule has 1 aliphatic rings. The second kappa shape index (κ2) is 8.01. The molecule has 0 aliphatic heterocycles. The molecule has 0 bridgehead atoms. The third-order valence-electron chi connectivity index (χ3n) is 4.35. The van der Waals surface area contributed by atoms with Crippen LogP contribution in [0.25, 0.3) is 0 Å². The molecule has 5 nitrogen and oxygen atoms in total. The lowest BCUT2D eigenvalue weighted by molar-refractivity contribution is -0.107. The van der Waals surface area contributed by atoms with Crippen molar-refractivity contribution in [1.29, 1.82) is 0 Å². The molecule has 0 unspecified atom stereocenters. The Kier molecular flexibility index (Phi) is 5.53. The molecule has 0 radical (unpaired) electrons. The van der Waals surface area contributed by atoms with E-state index in [1.165, 1.54) is 19.2 Å². The normalized spacial score (nSPS) is 18.6. The van der Waals surface area contributed by atoms with Crippen LogP contribution in [0.1, 0.15) is 12.0 Å². The predicted molar refractivity (Wildman–Crippen MR) is 93.7 cm³/mol. The average Bonchev–Trinajstić information content (AvgIpc) is 3.10. The van der Waals surface area contributed by atoms with Crippen molar-refractivity contribution in [3.8, 4) is 11.5 Å². The summed E-state index contributed by atoms with van der Waals surface area (Å²) in [5.74, 6) is 0.848. The minimum absolute atomic E-state index is 0.0276. The van der Waals surface area contributed by atoms with Crippen molar-refractivity contribution in [3.05, 3.63) is 72.1 Å². The van der Waals surface area contributed by atoms with Crippen LogP contribution in [0.4, 0.5) is 9.18 Å². The van der Waals surface area contributed by atoms with E-state index in [4.69, 9.17) is 4.74 Å². The molecular weight excluding hydrogens is 337 g/mol.